The molecule has 3 rings (SSSR count). The van der Waals surface area contributed by atoms with E-state index in [0.717, 1.165) is 24.1 Å². The maximum absolute atomic E-state index is 13.2. The molecule has 0 aliphatic heterocycles. The summed E-state index contributed by atoms with van der Waals surface area (Å²) in [5.74, 6) is 1.10. The first-order valence-electron chi connectivity index (χ1n) is 7.74. The van der Waals surface area contributed by atoms with Crippen LogP contribution in [0.1, 0.15) is 24.3 Å². The quantitative estimate of drug-likeness (QED) is 0.645. The van der Waals surface area contributed by atoms with Crippen molar-refractivity contribution in [1.29, 1.82) is 0 Å². The van der Waals surface area contributed by atoms with Crippen LogP contribution in [0.5, 0.6) is 5.75 Å². The van der Waals surface area contributed by atoms with Crippen LogP contribution in [0, 0.1) is 5.82 Å². The third-order valence-corrected chi connectivity index (χ3v) is 4.47. The molecule has 24 heavy (non-hydrogen) atoms. The van der Waals surface area contributed by atoms with Gasteiger partial charge in [-0.3, -0.25) is 0 Å². The Morgan fingerprint density at radius 3 is 2.75 bits per heavy atom. The molecule has 0 amide bonds. The van der Waals surface area contributed by atoms with Gasteiger partial charge in [-0.05, 0) is 54.7 Å². The molecule has 0 saturated heterocycles. The summed E-state index contributed by atoms with van der Waals surface area (Å²) in [5, 5.41) is 3.53. The van der Waals surface area contributed by atoms with Crippen LogP contribution in [0.3, 0.4) is 0 Å². The predicted octanol–water partition coefficient (Wildman–Crippen LogP) is 4.16. The Balaban J connectivity index is 1.57. The summed E-state index contributed by atoms with van der Waals surface area (Å²) in [7, 11) is 1.57. The fourth-order valence-electron chi connectivity index (χ4n) is 2.85. The van der Waals surface area contributed by atoms with Gasteiger partial charge in [0, 0.05) is 5.69 Å². The Kier molecular flexibility index (Phi) is 4.90. The Morgan fingerprint density at radius 2 is 2.08 bits per heavy atom. The maximum atomic E-state index is 13.2. The molecule has 0 spiro atoms. The van der Waals surface area contributed by atoms with E-state index in [0.29, 0.717) is 22.6 Å². The molecule has 1 saturated carbocycles. The average molecular weight is 348 g/mol. The van der Waals surface area contributed by atoms with Crippen LogP contribution < -0.4 is 15.8 Å². The summed E-state index contributed by atoms with van der Waals surface area (Å²) in [5.41, 5.74) is 7.73. The van der Waals surface area contributed by atoms with E-state index in [4.69, 9.17) is 22.1 Å². The maximum Gasteiger partial charge on any atom is 0.193 e. The van der Waals surface area contributed by atoms with Crippen molar-refractivity contribution in [1.82, 2.24) is 0 Å². The van der Waals surface area contributed by atoms with Crippen molar-refractivity contribution in [3.05, 3.63) is 58.9 Å². The molecule has 0 atom stereocenters. The smallest absolute Gasteiger partial charge is 0.193 e. The molecule has 2 aromatic carbocycles. The zero-order valence-electron chi connectivity index (χ0n) is 13.3. The molecular formula is C18H19ClFN3O. The van der Waals surface area contributed by atoms with Gasteiger partial charge in [0.1, 0.15) is 11.6 Å². The van der Waals surface area contributed by atoms with Crippen molar-refractivity contribution in [3.8, 4) is 5.75 Å². The SMILES string of the molecule is COc1ccc(NC(N)=NC2CC(c3cccc(F)c3)C2)cc1Cl. The summed E-state index contributed by atoms with van der Waals surface area (Å²) < 4.78 is 18.4. The minimum atomic E-state index is -0.197. The van der Waals surface area contributed by atoms with Gasteiger partial charge in [0.25, 0.3) is 0 Å². The van der Waals surface area contributed by atoms with Gasteiger partial charge >= 0.3 is 0 Å². The van der Waals surface area contributed by atoms with Gasteiger partial charge in [0.05, 0.1) is 18.2 Å². The van der Waals surface area contributed by atoms with Gasteiger partial charge in [-0.2, -0.15) is 0 Å². The number of aliphatic imine (C=N–C) groups is 1. The van der Waals surface area contributed by atoms with Crippen molar-refractivity contribution >= 4 is 23.2 Å². The number of halogens is 2. The molecule has 1 aliphatic carbocycles. The van der Waals surface area contributed by atoms with Crippen molar-refractivity contribution in [3.63, 3.8) is 0 Å². The van der Waals surface area contributed by atoms with Crippen molar-refractivity contribution in [2.75, 3.05) is 12.4 Å². The Morgan fingerprint density at radius 1 is 1.29 bits per heavy atom. The number of rotatable bonds is 4. The molecule has 2 aromatic rings. The van der Waals surface area contributed by atoms with Crippen LogP contribution in [-0.4, -0.2) is 19.1 Å². The van der Waals surface area contributed by atoms with Crippen LogP contribution in [-0.2, 0) is 0 Å². The summed E-state index contributed by atoms with van der Waals surface area (Å²) in [4.78, 5) is 4.46. The highest BCUT2D eigenvalue weighted by molar-refractivity contribution is 6.32. The third kappa shape index (κ3) is 3.79. The van der Waals surface area contributed by atoms with Crippen molar-refractivity contribution in [2.24, 2.45) is 10.7 Å². The third-order valence-electron chi connectivity index (χ3n) is 4.18. The molecule has 3 N–H and O–H groups in total. The fraction of sp³-hybridized carbons (Fsp3) is 0.278. The second-order valence-electron chi connectivity index (χ2n) is 5.87. The van der Waals surface area contributed by atoms with Crippen LogP contribution in [0.2, 0.25) is 5.02 Å². The summed E-state index contributed by atoms with van der Waals surface area (Å²) in [6, 6.07) is 12.2. The highest BCUT2D eigenvalue weighted by Gasteiger charge is 2.30. The lowest BCUT2D eigenvalue weighted by Crippen LogP contribution is -2.31. The zero-order valence-corrected chi connectivity index (χ0v) is 14.1. The largest absolute Gasteiger partial charge is 0.495 e. The van der Waals surface area contributed by atoms with E-state index in [-0.39, 0.29) is 11.9 Å². The lowest BCUT2D eigenvalue weighted by molar-refractivity contribution is 0.352. The minimum Gasteiger partial charge on any atom is -0.495 e. The normalized spacial score (nSPS) is 20.4. The van der Waals surface area contributed by atoms with Gasteiger partial charge in [0.2, 0.25) is 0 Å². The first-order valence-corrected chi connectivity index (χ1v) is 8.12. The van der Waals surface area contributed by atoms with Crippen molar-refractivity contribution < 1.29 is 9.13 Å². The molecule has 1 fully saturated rings. The number of nitrogens with zero attached hydrogens (tertiary/aromatic N) is 1. The molecule has 0 bridgehead atoms. The van der Waals surface area contributed by atoms with Gasteiger partial charge in [-0.1, -0.05) is 23.7 Å². The molecule has 1 aliphatic rings. The first-order chi connectivity index (χ1) is 11.5. The van der Waals surface area contributed by atoms with E-state index in [2.05, 4.69) is 10.3 Å². The van der Waals surface area contributed by atoms with Crippen LogP contribution in [0.25, 0.3) is 0 Å². The number of ether oxygens (including phenoxy) is 1. The molecule has 6 heteroatoms. The molecule has 0 aromatic heterocycles. The van der Waals surface area contributed by atoms with Gasteiger partial charge < -0.3 is 15.8 Å². The van der Waals surface area contributed by atoms with Crippen LogP contribution in [0.15, 0.2) is 47.5 Å². The molecule has 0 heterocycles. The minimum absolute atomic E-state index is 0.152. The number of hydrogen-bond donors (Lipinski definition) is 2. The number of methoxy groups -OCH3 is 1. The summed E-state index contributed by atoms with van der Waals surface area (Å²) >= 11 is 6.08. The Labute approximate surface area is 145 Å². The van der Waals surface area contributed by atoms with Gasteiger partial charge in [0.15, 0.2) is 5.96 Å². The van der Waals surface area contributed by atoms with Crippen molar-refractivity contribution in [2.45, 2.75) is 24.8 Å². The zero-order chi connectivity index (χ0) is 17.1. The Hall–Kier alpha value is -2.27. The average Bonchev–Trinajstić information content (AvgIpc) is 2.50. The standard InChI is InChI=1S/C18H19ClFN3O/c1-24-17-6-5-14(10-16(17)19)22-18(21)23-15-8-12(9-15)11-3-2-4-13(20)7-11/h2-7,10,12,15H,8-9H2,1H3,(H3,21,22,23). The molecule has 0 unspecified atom stereocenters. The molecular weight excluding hydrogens is 329 g/mol. The van der Waals surface area contributed by atoms with E-state index in [1.807, 2.05) is 12.1 Å². The number of guanidine groups is 1. The molecule has 0 radical (unpaired) electrons. The highest BCUT2D eigenvalue weighted by Crippen LogP contribution is 2.39. The number of anilines is 1. The molecule has 4 nitrogen and oxygen atoms in total. The first kappa shape index (κ1) is 16.6. The second-order valence-corrected chi connectivity index (χ2v) is 6.27. The van der Waals surface area contributed by atoms with E-state index in [9.17, 15) is 4.39 Å². The number of nitrogens with one attached hydrogen (secondary N) is 1. The predicted molar refractivity (Wildman–Crippen MR) is 95.4 cm³/mol. The van der Waals surface area contributed by atoms with Gasteiger partial charge in [-0.25, -0.2) is 9.38 Å². The summed E-state index contributed by atoms with van der Waals surface area (Å²) in [6.45, 7) is 0. The lowest BCUT2D eigenvalue weighted by atomic mass is 9.76. The number of hydrogen-bond acceptors (Lipinski definition) is 2. The monoisotopic (exact) mass is 347 g/mol. The van der Waals surface area contributed by atoms with Gasteiger partial charge in [-0.15, -0.1) is 0 Å². The second kappa shape index (κ2) is 7.09. The number of nitrogens with two attached hydrogens (primary N) is 1. The van der Waals surface area contributed by atoms with E-state index < -0.39 is 0 Å². The van der Waals surface area contributed by atoms with Crippen LogP contribution >= 0.6 is 11.6 Å². The lowest BCUT2D eigenvalue weighted by Gasteiger charge is -2.33. The Bertz CT molecular complexity index is 760. The van der Waals surface area contributed by atoms with E-state index in [1.54, 1.807) is 31.4 Å². The van der Waals surface area contributed by atoms with E-state index in [1.165, 1.54) is 6.07 Å². The van der Waals surface area contributed by atoms with Crippen LogP contribution in [0.4, 0.5) is 10.1 Å². The summed E-state index contributed by atoms with van der Waals surface area (Å²) in [6.07, 6.45) is 1.74. The fourth-order valence-corrected chi connectivity index (χ4v) is 3.10. The van der Waals surface area contributed by atoms with E-state index >= 15 is 0 Å². The molecule has 126 valence electrons. The highest BCUT2D eigenvalue weighted by atomic mass is 35.5. The number of benzene rings is 2. The topological polar surface area (TPSA) is 59.6 Å².